The minimum absolute atomic E-state index is 0.197. The number of aromatic amines is 1. The SMILES string of the molecule is Nc1c(C(=O)NCc2cc(F)ccc2Br)n[nH]c1C1CC1. The second-order valence-electron chi connectivity index (χ2n) is 5.09. The summed E-state index contributed by atoms with van der Waals surface area (Å²) in [6.45, 7) is 0.197. The van der Waals surface area contributed by atoms with Gasteiger partial charge in [-0.25, -0.2) is 4.39 Å². The van der Waals surface area contributed by atoms with Crippen LogP contribution in [0, 0.1) is 5.82 Å². The molecular formula is C14H14BrFN4O. The fourth-order valence-corrected chi connectivity index (χ4v) is 2.55. The van der Waals surface area contributed by atoms with Gasteiger partial charge in [-0.3, -0.25) is 9.89 Å². The summed E-state index contributed by atoms with van der Waals surface area (Å²) in [5, 5.41) is 9.51. The molecule has 21 heavy (non-hydrogen) atoms. The quantitative estimate of drug-likeness (QED) is 0.790. The molecule has 2 aromatic rings. The lowest BCUT2D eigenvalue weighted by atomic mass is 10.2. The van der Waals surface area contributed by atoms with Gasteiger partial charge < -0.3 is 11.1 Å². The molecule has 1 saturated carbocycles. The summed E-state index contributed by atoms with van der Waals surface area (Å²) in [4.78, 5) is 12.1. The normalized spacial score (nSPS) is 14.2. The predicted octanol–water partition coefficient (Wildman–Crippen LogP) is 2.70. The van der Waals surface area contributed by atoms with Crippen LogP contribution in [-0.4, -0.2) is 16.1 Å². The van der Waals surface area contributed by atoms with E-state index in [0.717, 1.165) is 23.0 Å². The van der Waals surface area contributed by atoms with Crippen molar-refractivity contribution in [2.24, 2.45) is 0 Å². The van der Waals surface area contributed by atoms with Crippen molar-refractivity contribution < 1.29 is 9.18 Å². The van der Waals surface area contributed by atoms with Crippen LogP contribution < -0.4 is 11.1 Å². The van der Waals surface area contributed by atoms with Gasteiger partial charge in [-0.05, 0) is 36.6 Å². The molecule has 0 atom stereocenters. The van der Waals surface area contributed by atoms with Gasteiger partial charge in [0.25, 0.3) is 5.91 Å². The zero-order valence-electron chi connectivity index (χ0n) is 11.1. The number of nitrogens with one attached hydrogen (secondary N) is 2. The van der Waals surface area contributed by atoms with E-state index in [0.29, 0.717) is 17.2 Å². The number of nitrogens with zero attached hydrogens (tertiary/aromatic N) is 1. The van der Waals surface area contributed by atoms with Gasteiger partial charge in [-0.2, -0.15) is 5.10 Å². The second-order valence-corrected chi connectivity index (χ2v) is 5.95. The summed E-state index contributed by atoms with van der Waals surface area (Å²) < 4.78 is 13.9. The van der Waals surface area contributed by atoms with E-state index in [9.17, 15) is 9.18 Å². The molecule has 1 aliphatic rings. The van der Waals surface area contributed by atoms with Gasteiger partial charge in [-0.15, -0.1) is 0 Å². The van der Waals surface area contributed by atoms with Crippen LogP contribution in [0.1, 0.15) is 40.5 Å². The summed E-state index contributed by atoms with van der Waals surface area (Å²) in [5.74, 6) is -0.319. The molecule has 1 aliphatic carbocycles. The van der Waals surface area contributed by atoms with Crippen LogP contribution >= 0.6 is 15.9 Å². The first-order valence-electron chi connectivity index (χ1n) is 6.62. The van der Waals surface area contributed by atoms with Crippen LogP contribution in [0.5, 0.6) is 0 Å². The molecule has 1 heterocycles. The van der Waals surface area contributed by atoms with Crippen molar-refractivity contribution in [3.05, 3.63) is 45.4 Å². The highest BCUT2D eigenvalue weighted by Gasteiger charge is 2.30. The number of amides is 1. The molecule has 0 spiro atoms. The molecule has 1 amide bonds. The van der Waals surface area contributed by atoms with E-state index in [-0.39, 0.29) is 24.0 Å². The number of benzene rings is 1. The van der Waals surface area contributed by atoms with Crippen molar-refractivity contribution in [2.75, 3.05) is 5.73 Å². The van der Waals surface area contributed by atoms with Gasteiger partial charge >= 0.3 is 0 Å². The third-order valence-corrected chi connectivity index (χ3v) is 4.25. The van der Waals surface area contributed by atoms with Gasteiger partial charge in [0, 0.05) is 16.9 Å². The molecular weight excluding hydrogens is 339 g/mol. The van der Waals surface area contributed by atoms with Crippen molar-refractivity contribution >= 4 is 27.5 Å². The summed E-state index contributed by atoms with van der Waals surface area (Å²) in [5.41, 5.74) is 8.05. The number of carbonyl (C=O) groups is 1. The van der Waals surface area contributed by atoms with E-state index in [1.165, 1.54) is 12.1 Å². The lowest BCUT2D eigenvalue weighted by molar-refractivity contribution is 0.0946. The fraction of sp³-hybridized carbons (Fsp3) is 0.286. The number of carbonyl (C=O) groups excluding carboxylic acids is 1. The van der Waals surface area contributed by atoms with Crippen LogP contribution in [0.2, 0.25) is 0 Å². The lowest BCUT2D eigenvalue weighted by Gasteiger charge is -2.06. The topological polar surface area (TPSA) is 83.8 Å². The number of hydrogen-bond acceptors (Lipinski definition) is 3. The number of rotatable bonds is 4. The Labute approximate surface area is 129 Å². The van der Waals surface area contributed by atoms with Crippen molar-refractivity contribution in [1.82, 2.24) is 15.5 Å². The average Bonchev–Trinajstić information content (AvgIpc) is 3.22. The highest BCUT2D eigenvalue weighted by molar-refractivity contribution is 9.10. The zero-order valence-corrected chi connectivity index (χ0v) is 12.7. The Morgan fingerprint density at radius 3 is 3.00 bits per heavy atom. The van der Waals surface area contributed by atoms with Gasteiger partial charge in [0.1, 0.15) is 5.82 Å². The predicted molar refractivity (Wildman–Crippen MR) is 80.2 cm³/mol. The molecule has 0 unspecified atom stereocenters. The maximum atomic E-state index is 13.2. The van der Waals surface area contributed by atoms with Crippen molar-refractivity contribution in [3.63, 3.8) is 0 Å². The Morgan fingerprint density at radius 2 is 2.29 bits per heavy atom. The largest absolute Gasteiger partial charge is 0.395 e. The summed E-state index contributed by atoms with van der Waals surface area (Å²) in [6.07, 6.45) is 2.15. The lowest BCUT2D eigenvalue weighted by Crippen LogP contribution is -2.24. The minimum atomic E-state index is -0.369. The smallest absolute Gasteiger partial charge is 0.274 e. The van der Waals surface area contributed by atoms with Crippen LogP contribution in [0.15, 0.2) is 22.7 Å². The van der Waals surface area contributed by atoms with Gasteiger partial charge in [0.05, 0.1) is 11.4 Å². The average molecular weight is 353 g/mol. The maximum Gasteiger partial charge on any atom is 0.274 e. The van der Waals surface area contributed by atoms with E-state index in [2.05, 4.69) is 31.4 Å². The third-order valence-electron chi connectivity index (χ3n) is 3.48. The summed E-state index contributed by atoms with van der Waals surface area (Å²) in [6, 6.07) is 4.32. The molecule has 0 radical (unpaired) electrons. The van der Waals surface area contributed by atoms with E-state index >= 15 is 0 Å². The highest BCUT2D eigenvalue weighted by atomic mass is 79.9. The molecule has 110 valence electrons. The second kappa shape index (κ2) is 5.48. The number of nitrogen functional groups attached to an aromatic ring is 1. The molecule has 5 nitrogen and oxygen atoms in total. The molecule has 1 aromatic carbocycles. The zero-order chi connectivity index (χ0) is 15.0. The van der Waals surface area contributed by atoms with Crippen molar-refractivity contribution in [1.29, 1.82) is 0 Å². The summed E-state index contributed by atoms with van der Waals surface area (Å²) >= 11 is 3.32. The summed E-state index contributed by atoms with van der Waals surface area (Å²) in [7, 11) is 0. The van der Waals surface area contributed by atoms with Gasteiger partial charge in [0.15, 0.2) is 5.69 Å². The molecule has 3 rings (SSSR count). The Kier molecular flexibility index (Phi) is 3.67. The Bertz CT molecular complexity index is 696. The first-order valence-corrected chi connectivity index (χ1v) is 7.41. The van der Waals surface area contributed by atoms with Crippen LogP contribution in [0.25, 0.3) is 0 Å². The first-order chi connectivity index (χ1) is 10.1. The van der Waals surface area contributed by atoms with E-state index in [4.69, 9.17) is 5.73 Å². The molecule has 1 fully saturated rings. The first kappa shape index (κ1) is 14.1. The van der Waals surface area contributed by atoms with E-state index < -0.39 is 0 Å². The molecule has 0 saturated heterocycles. The number of hydrogen-bond donors (Lipinski definition) is 3. The monoisotopic (exact) mass is 352 g/mol. The van der Waals surface area contributed by atoms with E-state index in [1.807, 2.05) is 0 Å². The van der Waals surface area contributed by atoms with Crippen LogP contribution in [0.3, 0.4) is 0 Å². The van der Waals surface area contributed by atoms with Crippen molar-refractivity contribution in [2.45, 2.75) is 25.3 Å². The Balaban J connectivity index is 1.70. The molecule has 1 aromatic heterocycles. The third kappa shape index (κ3) is 2.92. The molecule has 0 bridgehead atoms. The Hall–Kier alpha value is -1.89. The standard InChI is InChI=1S/C14H14BrFN4O/c15-10-4-3-9(16)5-8(10)6-18-14(21)13-11(17)12(19-20-13)7-1-2-7/h3-5,7H,1-2,6,17H2,(H,18,21)(H,19,20). The number of nitrogens with two attached hydrogens (primary N) is 1. The van der Waals surface area contributed by atoms with Crippen LogP contribution in [-0.2, 0) is 6.54 Å². The Morgan fingerprint density at radius 1 is 1.52 bits per heavy atom. The number of anilines is 1. The highest BCUT2D eigenvalue weighted by Crippen LogP contribution is 2.42. The fourth-order valence-electron chi connectivity index (χ4n) is 2.16. The van der Waals surface area contributed by atoms with Crippen molar-refractivity contribution in [3.8, 4) is 0 Å². The molecule has 4 N–H and O–H groups in total. The van der Waals surface area contributed by atoms with Gasteiger partial charge in [-0.1, -0.05) is 15.9 Å². The van der Waals surface area contributed by atoms with Crippen LogP contribution in [0.4, 0.5) is 10.1 Å². The number of H-pyrrole nitrogens is 1. The molecule has 0 aliphatic heterocycles. The van der Waals surface area contributed by atoms with Gasteiger partial charge in [0.2, 0.25) is 0 Å². The number of aromatic nitrogens is 2. The maximum absolute atomic E-state index is 13.2. The molecule has 7 heteroatoms. The number of halogens is 2. The van der Waals surface area contributed by atoms with E-state index in [1.54, 1.807) is 6.07 Å². The minimum Gasteiger partial charge on any atom is -0.395 e.